The average molecular weight is 365 g/mol. The van der Waals surface area contributed by atoms with E-state index in [1.807, 2.05) is 11.8 Å². The third-order valence-corrected chi connectivity index (χ3v) is 5.53. The van der Waals surface area contributed by atoms with Gasteiger partial charge in [0.1, 0.15) is 0 Å². The number of sulfone groups is 1. The molecule has 22 heavy (non-hydrogen) atoms. The maximum absolute atomic E-state index is 11.9. The second-order valence-electron chi connectivity index (χ2n) is 5.12. The summed E-state index contributed by atoms with van der Waals surface area (Å²) in [5.74, 6) is 2.09. The van der Waals surface area contributed by atoms with E-state index >= 15 is 0 Å². The first-order chi connectivity index (χ1) is 9.95. The summed E-state index contributed by atoms with van der Waals surface area (Å²) in [6, 6.07) is 6.83. The topological polar surface area (TPSA) is 75.3 Å². The Balaban J connectivity index is 0.00000242. The Bertz CT molecular complexity index is 585. The molecule has 2 rings (SSSR count). The van der Waals surface area contributed by atoms with Crippen LogP contribution >= 0.6 is 24.2 Å². The van der Waals surface area contributed by atoms with Gasteiger partial charge in [-0.25, -0.2) is 8.42 Å². The van der Waals surface area contributed by atoms with E-state index in [0.717, 1.165) is 23.6 Å². The predicted octanol–water partition coefficient (Wildman–Crippen LogP) is 1.22. The van der Waals surface area contributed by atoms with Crippen molar-refractivity contribution in [3.63, 3.8) is 0 Å². The van der Waals surface area contributed by atoms with Crippen molar-refractivity contribution in [1.82, 2.24) is 10.6 Å². The van der Waals surface area contributed by atoms with Crippen molar-refractivity contribution in [2.24, 2.45) is 0 Å². The zero-order valence-electron chi connectivity index (χ0n) is 12.4. The molecule has 8 heteroatoms. The molecule has 2 N–H and O–H groups in total. The van der Waals surface area contributed by atoms with E-state index in [1.165, 1.54) is 6.26 Å². The Morgan fingerprint density at radius 1 is 1.36 bits per heavy atom. The molecule has 1 fully saturated rings. The number of nitrogens with one attached hydrogen (secondary N) is 2. The van der Waals surface area contributed by atoms with Gasteiger partial charge in [-0.3, -0.25) is 4.79 Å². The van der Waals surface area contributed by atoms with Crippen molar-refractivity contribution in [3.8, 4) is 0 Å². The van der Waals surface area contributed by atoms with E-state index < -0.39 is 9.84 Å². The maximum Gasteiger partial charge on any atom is 0.221 e. The Labute approximate surface area is 142 Å². The van der Waals surface area contributed by atoms with Gasteiger partial charge in [0.25, 0.3) is 0 Å². The third-order valence-electron chi connectivity index (χ3n) is 3.27. The molecule has 1 aliphatic heterocycles. The van der Waals surface area contributed by atoms with Crippen LogP contribution in [0.3, 0.4) is 0 Å². The summed E-state index contributed by atoms with van der Waals surface area (Å²) < 4.78 is 22.7. The average Bonchev–Trinajstić information content (AvgIpc) is 2.46. The van der Waals surface area contributed by atoms with Crippen LogP contribution in [0.25, 0.3) is 0 Å². The maximum atomic E-state index is 11.9. The highest BCUT2D eigenvalue weighted by atomic mass is 35.5. The van der Waals surface area contributed by atoms with Crippen LogP contribution in [0.5, 0.6) is 0 Å². The number of rotatable bonds is 5. The third kappa shape index (κ3) is 6.16. The Morgan fingerprint density at radius 2 is 2.05 bits per heavy atom. The lowest BCUT2D eigenvalue weighted by molar-refractivity contribution is -0.121. The van der Waals surface area contributed by atoms with Gasteiger partial charge in [0, 0.05) is 43.3 Å². The van der Waals surface area contributed by atoms with Crippen LogP contribution in [0.1, 0.15) is 12.0 Å². The minimum absolute atomic E-state index is 0. The molecule has 0 saturated carbocycles. The summed E-state index contributed by atoms with van der Waals surface area (Å²) in [4.78, 5) is 12.1. The molecule has 0 radical (unpaired) electrons. The standard InChI is InChI=1S/C14H20N2O3S2.ClH/c1-21(18,19)13-4-2-11(3-5-13)9-16-14(17)8-12-10-20-7-6-15-12;/h2-5,12,15H,6-10H2,1H3,(H,16,17);1H. The second kappa shape index (κ2) is 8.76. The molecule has 1 aromatic carbocycles. The summed E-state index contributed by atoms with van der Waals surface area (Å²) in [5, 5.41) is 6.19. The number of thioether (sulfide) groups is 1. The molecular weight excluding hydrogens is 344 g/mol. The monoisotopic (exact) mass is 364 g/mol. The highest BCUT2D eigenvalue weighted by molar-refractivity contribution is 7.99. The number of hydrogen-bond acceptors (Lipinski definition) is 5. The lowest BCUT2D eigenvalue weighted by atomic mass is 10.2. The SMILES string of the molecule is CS(=O)(=O)c1ccc(CNC(=O)CC2CSCCN2)cc1.Cl. The fraction of sp³-hybridized carbons (Fsp3) is 0.500. The van der Waals surface area contributed by atoms with Crippen molar-refractivity contribution in [2.75, 3.05) is 24.3 Å². The van der Waals surface area contributed by atoms with Crippen LogP contribution < -0.4 is 10.6 Å². The number of halogens is 1. The van der Waals surface area contributed by atoms with Crippen molar-refractivity contribution in [1.29, 1.82) is 0 Å². The van der Waals surface area contributed by atoms with Crippen molar-refractivity contribution in [3.05, 3.63) is 29.8 Å². The fourth-order valence-electron chi connectivity index (χ4n) is 2.10. The quantitative estimate of drug-likeness (QED) is 0.821. The molecule has 1 heterocycles. The lowest BCUT2D eigenvalue weighted by Crippen LogP contribution is -2.41. The first-order valence-corrected chi connectivity index (χ1v) is 9.86. The van der Waals surface area contributed by atoms with E-state index in [4.69, 9.17) is 0 Å². The zero-order valence-corrected chi connectivity index (χ0v) is 14.8. The Kier molecular flexibility index (Phi) is 7.68. The predicted molar refractivity (Wildman–Crippen MR) is 92.4 cm³/mol. The molecule has 0 bridgehead atoms. The largest absolute Gasteiger partial charge is 0.352 e. The second-order valence-corrected chi connectivity index (χ2v) is 8.29. The van der Waals surface area contributed by atoms with Crippen LogP contribution in [0, 0.1) is 0 Å². The van der Waals surface area contributed by atoms with Crippen LogP contribution in [0.15, 0.2) is 29.2 Å². The number of carbonyl (C=O) groups is 1. The van der Waals surface area contributed by atoms with Gasteiger partial charge in [0.2, 0.25) is 5.91 Å². The Hall–Kier alpha value is -0.760. The van der Waals surface area contributed by atoms with E-state index in [9.17, 15) is 13.2 Å². The van der Waals surface area contributed by atoms with Gasteiger partial charge in [-0.05, 0) is 17.7 Å². The molecule has 0 aliphatic carbocycles. The molecule has 1 saturated heterocycles. The van der Waals surface area contributed by atoms with Crippen LogP contribution in [-0.4, -0.2) is 44.7 Å². The van der Waals surface area contributed by atoms with Gasteiger partial charge >= 0.3 is 0 Å². The van der Waals surface area contributed by atoms with Gasteiger partial charge in [0.15, 0.2) is 9.84 Å². The first kappa shape index (κ1) is 19.3. The van der Waals surface area contributed by atoms with Crippen LogP contribution in [-0.2, 0) is 21.2 Å². The highest BCUT2D eigenvalue weighted by Gasteiger charge is 2.16. The van der Waals surface area contributed by atoms with Crippen molar-refractivity contribution in [2.45, 2.75) is 23.9 Å². The summed E-state index contributed by atoms with van der Waals surface area (Å²) in [6.07, 6.45) is 1.66. The van der Waals surface area contributed by atoms with Gasteiger partial charge in [0.05, 0.1) is 4.90 Å². The lowest BCUT2D eigenvalue weighted by Gasteiger charge is -2.22. The van der Waals surface area contributed by atoms with E-state index in [-0.39, 0.29) is 24.4 Å². The van der Waals surface area contributed by atoms with E-state index in [0.29, 0.717) is 17.9 Å². The molecule has 5 nitrogen and oxygen atoms in total. The molecular formula is C14H21ClN2O3S2. The smallest absolute Gasteiger partial charge is 0.221 e. The molecule has 124 valence electrons. The molecule has 1 unspecified atom stereocenters. The fourth-order valence-corrected chi connectivity index (χ4v) is 3.68. The summed E-state index contributed by atoms with van der Waals surface area (Å²) in [7, 11) is -3.17. The van der Waals surface area contributed by atoms with Gasteiger partial charge < -0.3 is 10.6 Å². The summed E-state index contributed by atoms with van der Waals surface area (Å²) >= 11 is 1.86. The number of hydrogen-bond donors (Lipinski definition) is 2. The summed E-state index contributed by atoms with van der Waals surface area (Å²) in [6.45, 7) is 1.37. The zero-order chi connectivity index (χ0) is 15.3. The number of amides is 1. The van der Waals surface area contributed by atoms with Gasteiger partial charge in [-0.1, -0.05) is 12.1 Å². The molecule has 0 spiro atoms. The normalized spacial score (nSPS) is 18.3. The molecule has 1 amide bonds. The minimum Gasteiger partial charge on any atom is -0.352 e. The van der Waals surface area contributed by atoms with Crippen LogP contribution in [0.2, 0.25) is 0 Å². The molecule has 1 atom stereocenters. The van der Waals surface area contributed by atoms with Crippen molar-refractivity contribution < 1.29 is 13.2 Å². The van der Waals surface area contributed by atoms with Gasteiger partial charge in [-0.2, -0.15) is 11.8 Å². The van der Waals surface area contributed by atoms with Crippen molar-refractivity contribution >= 4 is 39.9 Å². The molecule has 0 aromatic heterocycles. The van der Waals surface area contributed by atoms with Gasteiger partial charge in [-0.15, -0.1) is 12.4 Å². The molecule has 1 aliphatic rings. The number of benzene rings is 1. The first-order valence-electron chi connectivity index (χ1n) is 6.82. The van der Waals surface area contributed by atoms with E-state index in [1.54, 1.807) is 24.3 Å². The number of carbonyl (C=O) groups excluding carboxylic acids is 1. The highest BCUT2D eigenvalue weighted by Crippen LogP contribution is 2.11. The molecule has 1 aromatic rings. The summed E-state index contributed by atoms with van der Waals surface area (Å²) in [5.41, 5.74) is 0.890. The Morgan fingerprint density at radius 3 is 2.59 bits per heavy atom. The van der Waals surface area contributed by atoms with Crippen LogP contribution in [0.4, 0.5) is 0 Å². The minimum atomic E-state index is -3.17. The van der Waals surface area contributed by atoms with E-state index in [2.05, 4.69) is 10.6 Å².